The standard InChI is InChI=1S/C48H71N3O4S/c1-3-5-6-7-8-9-10-11-12-13-14-15-16-17-18-25-46(52)50-41-29-27-39(28-30-41)48(54)49-34-20-26-47(53)55-45-24-19-22-40-38-42(31-32-44(40)45)51(35-4-2)36-33-43-23-21-37-56-43/h19,21-24,27-30,37,42H,3-18,20,25-26,31-36,38H2,1-2H3,(H,49,54)(H,50,52)/t42-/m0/s1. The summed E-state index contributed by atoms with van der Waals surface area (Å²) < 4.78 is 5.86. The van der Waals surface area contributed by atoms with Crippen molar-refractivity contribution in [2.75, 3.05) is 25.0 Å². The number of unbranched alkanes of at least 4 members (excludes halogenated alkanes) is 14. The molecule has 0 radical (unpaired) electrons. The number of benzene rings is 2. The van der Waals surface area contributed by atoms with Crippen LogP contribution < -0.4 is 15.4 Å². The van der Waals surface area contributed by atoms with Crippen LogP contribution in [0.5, 0.6) is 5.75 Å². The van der Waals surface area contributed by atoms with Crippen molar-refractivity contribution in [3.63, 3.8) is 0 Å². The van der Waals surface area contributed by atoms with Crippen molar-refractivity contribution in [2.45, 2.75) is 168 Å². The Morgan fingerprint density at radius 2 is 1.41 bits per heavy atom. The number of esters is 1. The van der Waals surface area contributed by atoms with E-state index >= 15 is 0 Å². The van der Waals surface area contributed by atoms with E-state index in [1.165, 1.54) is 93.9 Å². The van der Waals surface area contributed by atoms with Gasteiger partial charge in [-0.15, -0.1) is 11.3 Å². The van der Waals surface area contributed by atoms with Crippen LogP contribution in [0, 0.1) is 0 Å². The first-order valence-corrected chi connectivity index (χ1v) is 23.1. The highest BCUT2D eigenvalue weighted by Gasteiger charge is 2.26. The normalized spacial score (nSPS) is 13.7. The fraction of sp³-hybridized carbons (Fsp3) is 0.604. The van der Waals surface area contributed by atoms with Gasteiger partial charge in [0.25, 0.3) is 5.91 Å². The van der Waals surface area contributed by atoms with E-state index in [-0.39, 0.29) is 24.2 Å². The molecule has 56 heavy (non-hydrogen) atoms. The Balaban J connectivity index is 1.04. The molecule has 8 heteroatoms. The van der Waals surface area contributed by atoms with Crippen LogP contribution in [0.4, 0.5) is 5.69 Å². The van der Waals surface area contributed by atoms with E-state index in [1.807, 2.05) is 23.5 Å². The Hall–Kier alpha value is -3.49. The molecule has 1 aliphatic rings. The first-order valence-electron chi connectivity index (χ1n) is 22.2. The van der Waals surface area contributed by atoms with Gasteiger partial charge in [0.2, 0.25) is 5.91 Å². The average molecular weight is 786 g/mol. The summed E-state index contributed by atoms with van der Waals surface area (Å²) in [5, 5.41) is 8.02. The van der Waals surface area contributed by atoms with Crippen molar-refractivity contribution in [1.29, 1.82) is 0 Å². The highest BCUT2D eigenvalue weighted by atomic mass is 32.1. The second-order valence-corrected chi connectivity index (χ2v) is 16.8. The van der Waals surface area contributed by atoms with Crippen molar-refractivity contribution >= 4 is 34.8 Å². The summed E-state index contributed by atoms with van der Waals surface area (Å²) >= 11 is 1.83. The van der Waals surface area contributed by atoms with Gasteiger partial charge in [-0.25, -0.2) is 0 Å². The van der Waals surface area contributed by atoms with Crippen LogP contribution >= 0.6 is 11.3 Å². The molecule has 0 aliphatic heterocycles. The Morgan fingerprint density at radius 1 is 0.732 bits per heavy atom. The number of carbonyl (C=O) groups is 3. The van der Waals surface area contributed by atoms with Gasteiger partial charge < -0.3 is 15.4 Å². The molecule has 3 aromatic rings. The zero-order chi connectivity index (χ0) is 39.6. The number of rotatable bonds is 29. The molecule has 2 amide bonds. The number of nitrogens with zero attached hydrogens (tertiary/aromatic N) is 1. The average Bonchev–Trinajstić information content (AvgIpc) is 3.73. The van der Waals surface area contributed by atoms with Gasteiger partial charge in [0.15, 0.2) is 0 Å². The van der Waals surface area contributed by atoms with Gasteiger partial charge in [-0.05, 0) is 104 Å². The topological polar surface area (TPSA) is 87.7 Å². The number of hydrogen-bond acceptors (Lipinski definition) is 6. The lowest BCUT2D eigenvalue weighted by molar-refractivity contribution is -0.134. The lowest BCUT2D eigenvalue weighted by Crippen LogP contribution is -2.41. The van der Waals surface area contributed by atoms with Crippen LogP contribution in [-0.2, 0) is 28.9 Å². The maximum absolute atomic E-state index is 12.8. The van der Waals surface area contributed by atoms with Gasteiger partial charge in [-0.2, -0.15) is 0 Å². The third kappa shape index (κ3) is 17.3. The fourth-order valence-electron chi connectivity index (χ4n) is 7.93. The predicted molar refractivity (Wildman–Crippen MR) is 234 cm³/mol. The van der Waals surface area contributed by atoms with Crippen LogP contribution in [0.2, 0.25) is 0 Å². The maximum Gasteiger partial charge on any atom is 0.311 e. The molecule has 2 N–H and O–H groups in total. The third-order valence-corrected chi connectivity index (χ3v) is 12.1. The lowest BCUT2D eigenvalue weighted by atomic mass is 9.86. The summed E-state index contributed by atoms with van der Waals surface area (Å²) in [7, 11) is 0. The summed E-state index contributed by atoms with van der Waals surface area (Å²) in [6.45, 7) is 7.07. The number of carbonyl (C=O) groups excluding carboxylic acids is 3. The van der Waals surface area contributed by atoms with Crippen LogP contribution in [0.25, 0.3) is 0 Å². The summed E-state index contributed by atoms with van der Waals surface area (Å²) in [5.74, 6) is 0.219. The molecule has 0 fully saturated rings. The van der Waals surface area contributed by atoms with Gasteiger partial charge in [0, 0.05) is 48.1 Å². The molecule has 7 nitrogen and oxygen atoms in total. The number of amides is 2. The predicted octanol–water partition coefficient (Wildman–Crippen LogP) is 11.9. The molecular formula is C48H71N3O4S. The summed E-state index contributed by atoms with van der Waals surface area (Å²) in [4.78, 5) is 42.1. The molecule has 308 valence electrons. The quantitative estimate of drug-likeness (QED) is 0.0416. The highest BCUT2D eigenvalue weighted by Crippen LogP contribution is 2.32. The summed E-state index contributed by atoms with van der Waals surface area (Å²) in [5.41, 5.74) is 3.65. The first-order chi connectivity index (χ1) is 27.5. The smallest absolute Gasteiger partial charge is 0.311 e. The fourth-order valence-corrected chi connectivity index (χ4v) is 8.63. The Morgan fingerprint density at radius 3 is 2.05 bits per heavy atom. The van der Waals surface area contributed by atoms with Crippen molar-refractivity contribution in [1.82, 2.24) is 10.2 Å². The van der Waals surface area contributed by atoms with E-state index in [9.17, 15) is 14.4 Å². The van der Waals surface area contributed by atoms with E-state index < -0.39 is 0 Å². The number of anilines is 1. The zero-order valence-corrected chi connectivity index (χ0v) is 35.5. The number of hydrogen-bond donors (Lipinski definition) is 2. The van der Waals surface area contributed by atoms with Gasteiger partial charge in [-0.1, -0.05) is 122 Å². The molecule has 1 atom stereocenters. The van der Waals surface area contributed by atoms with Crippen LogP contribution in [-0.4, -0.2) is 48.4 Å². The van der Waals surface area contributed by atoms with Crippen LogP contribution in [0.3, 0.4) is 0 Å². The third-order valence-electron chi connectivity index (χ3n) is 11.2. The summed E-state index contributed by atoms with van der Waals surface area (Å²) in [6, 6.07) is 17.9. The van der Waals surface area contributed by atoms with E-state index in [4.69, 9.17) is 4.74 Å². The number of fused-ring (bicyclic) bond motifs is 1. The molecule has 2 aromatic carbocycles. The van der Waals surface area contributed by atoms with Gasteiger partial charge in [0.1, 0.15) is 5.75 Å². The Bertz CT molecular complexity index is 1540. The van der Waals surface area contributed by atoms with Crippen LogP contribution in [0.15, 0.2) is 60.0 Å². The van der Waals surface area contributed by atoms with Crippen molar-refractivity contribution in [3.05, 3.63) is 81.5 Å². The monoisotopic (exact) mass is 786 g/mol. The van der Waals surface area contributed by atoms with Crippen LogP contribution in [0.1, 0.15) is 169 Å². The van der Waals surface area contributed by atoms with E-state index in [1.54, 1.807) is 24.3 Å². The molecule has 0 saturated heterocycles. The summed E-state index contributed by atoms with van der Waals surface area (Å²) in [6.07, 6.45) is 26.0. The maximum atomic E-state index is 12.8. The minimum Gasteiger partial charge on any atom is -0.426 e. The molecule has 0 unspecified atom stereocenters. The SMILES string of the molecule is CCCCCCCCCCCCCCCCCC(=O)Nc1ccc(C(=O)NCCCC(=O)Oc2cccc3c2CC[C@H](N(CCC)CCc2cccs2)C3)cc1. The molecule has 1 aromatic heterocycles. The molecule has 0 spiro atoms. The molecule has 0 saturated carbocycles. The molecule has 0 bridgehead atoms. The van der Waals surface area contributed by atoms with Crippen molar-refractivity contribution in [3.8, 4) is 5.75 Å². The molecule has 1 heterocycles. The Labute approximate surface area is 342 Å². The van der Waals surface area contributed by atoms with Crippen molar-refractivity contribution < 1.29 is 19.1 Å². The van der Waals surface area contributed by atoms with E-state index in [2.05, 4.69) is 53.0 Å². The molecular weight excluding hydrogens is 715 g/mol. The minimum absolute atomic E-state index is 0.0167. The van der Waals surface area contributed by atoms with Crippen molar-refractivity contribution in [2.24, 2.45) is 0 Å². The lowest BCUT2D eigenvalue weighted by Gasteiger charge is -2.35. The van der Waals surface area contributed by atoms with Gasteiger partial charge in [-0.3, -0.25) is 19.3 Å². The molecule has 4 rings (SSSR count). The van der Waals surface area contributed by atoms with E-state index in [0.717, 1.165) is 63.6 Å². The van der Waals surface area contributed by atoms with E-state index in [0.29, 0.717) is 42.4 Å². The van der Waals surface area contributed by atoms with Gasteiger partial charge in [0.05, 0.1) is 0 Å². The zero-order valence-electron chi connectivity index (χ0n) is 34.7. The number of nitrogens with one attached hydrogen (secondary N) is 2. The van der Waals surface area contributed by atoms with Gasteiger partial charge >= 0.3 is 5.97 Å². The molecule has 1 aliphatic carbocycles. The highest BCUT2D eigenvalue weighted by molar-refractivity contribution is 7.09. The first kappa shape index (κ1) is 45.2. The number of thiophene rings is 1. The minimum atomic E-state index is -0.275. The second kappa shape index (κ2) is 27.2. The largest absolute Gasteiger partial charge is 0.426 e. The second-order valence-electron chi connectivity index (χ2n) is 15.8. The Kier molecular flexibility index (Phi) is 22.0. The number of ether oxygens (including phenoxy) is 1.